The van der Waals surface area contributed by atoms with Crippen LogP contribution in [0.15, 0.2) is 30.3 Å². The Balaban J connectivity index is 1.42. The van der Waals surface area contributed by atoms with E-state index in [9.17, 15) is 0 Å². The normalized spacial score (nSPS) is 23.2. The smallest absolute Gasteiger partial charge is 0.0233 e. The SMILES string of the molecule is CN(C)C1CCN(C2CCN(Cc3ccccc3)CC2)CC1. The Morgan fingerprint density at radius 1 is 0.909 bits per heavy atom. The lowest BCUT2D eigenvalue weighted by molar-refractivity contribution is 0.0655. The Hall–Kier alpha value is -0.900. The number of likely N-dealkylation sites (tertiary alicyclic amines) is 2. The van der Waals surface area contributed by atoms with Gasteiger partial charge in [-0.25, -0.2) is 0 Å². The second-order valence-electron chi connectivity index (χ2n) is 7.22. The van der Waals surface area contributed by atoms with Crippen molar-refractivity contribution < 1.29 is 0 Å². The summed E-state index contributed by atoms with van der Waals surface area (Å²) in [5, 5.41) is 0. The minimum atomic E-state index is 0.800. The Kier molecular flexibility index (Phi) is 5.51. The maximum absolute atomic E-state index is 2.76. The van der Waals surface area contributed by atoms with Gasteiger partial charge in [-0.15, -0.1) is 0 Å². The van der Waals surface area contributed by atoms with Crippen LogP contribution in [0.4, 0.5) is 0 Å². The van der Waals surface area contributed by atoms with Crippen molar-refractivity contribution in [3.05, 3.63) is 35.9 Å². The van der Waals surface area contributed by atoms with E-state index in [1.807, 2.05) is 0 Å². The van der Waals surface area contributed by atoms with Crippen molar-refractivity contribution in [2.75, 3.05) is 40.3 Å². The fourth-order valence-electron chi connectivity index (χ4n) is 4.05. The van der Waals surface area contributed by atoms with E-state index >= 15 is 0 Å². The molecule has 2 fully saturated rings. The van der Waals surface area contributed by atoms with Crippen LogP contribution in [0.25, 0.3) is 0 Å². The Morgan fingerprint density at radius 2 is 1.55 bits per heavy atom. The molecule has 0 amide bonds. The maximum Gasteiger partial charge on any atom is 0.0233 e. The van der Waals surface area contributed by atoms with Crippen LogP contribution in [-0.2, 0) is 6.54 Å². The molecule has 2 heterocycles. The van der Waals surface area contributed by atoms with Crippen LogP contribution in [0.1, 0.15) is 31.2 Å². The highest BCUT2D eigenvalue weighted by Gasteiger charge is 2.28. The molecule has 3 rings (SSSR count). The maximum atomic E-state index is 2.76. The number of rotatable bonds is 4. The molecule has 1 aromatic rings. The van der Waals surface area contributed by atoms with Crippen LogP contribution in [0.3, 0.4) is 0 Å². The Bertz CT molecular complexity index is 429. The van der Waals surface area contributed by atoms with Gasteiger partial charge >= 0.3 is 0 Å². The van der Waals surface area contributed by atoms with Gasteiger partial charge in [0.2, 0.25) is 0 Å². The molecule has 0 radical (unpaired) electrons. The van der Waals surface area contributed by atoms with Gasteiger partial charge in [-0.3, -0.25) is 4.90 Å². The molecule has 0 saturated carbocycles. The summed E-state index contributed by atoms with van der Waals surface area (Å²) in [5.41, 5.74) is 1.45. The third-order valence-electron chi connectivity index (χ3n) is 5.55. The largest absolute Gasteiger partial charge is 0.306 e. The standard InChI is InChI=1S/C19H31N3/c1-20(2)18-10-14-22(15-11-18)19-8-12-21(13-9-19)16-17-6-4-3-5-7-17/h3-7,18-19H,8-16H2,1-2H3. The molecule has 1 aromatic carbocycles. The molecular formula is C19H31N3. The highest BCUT2D eigenvalue weighted by atomic mass is 15.2. The zero-order valence-electron chi connectivity index (χ0n) is 14.2. The van der Waals surface area contributed by atoms with Crippen LogP contribution in [-0.4, -0.2) is 67.1 Å². The van der Waals surface area contributed by atoms with Crippen LogP contribution in [0.5, 0.6) is 0 Å². The molecule has 0 bridgehead atoms. The molecule has 0 spiro atoms. The van der Waals surface area contributed by atoms with Gasteiger partial charge in [-0.1, -0.05) is 30.3 Å². The molecule has 0 atom stereocenters. The first-order valence-electron chi connectivity index (χ1n) is 8.89. The zero-order valence-corrected chi connectivity index (χ0v) is 14.2. The van der Waals surface area contributed by atoms with E-state index in [0.717, 1.165) is 18.6 Å². The summed E-state index contributed by atoms with van der Waals surface area (Å²) in [6.45, 7) is 6.23. The van der Waals surface area contributed by atoms with Crippen molar-refractivity contribution in [2.24, 2.45) is 0 Å². The number of benzene rings is 1. The van der Waals surface area contributed by atoms with Crippen molar-refractivity contribution in [3.63, 3.8) is 0 Å². The lowest BCUT2D eigenvalue weighted by Gasteiger charge is -2.43. The first-order chi connectivity index (χ1) is 10.7. The fourth-order valence-corrected chi connectivity index (χ4v) is 4.05. The Labute approximate surface area is 135 Å². The van der Waals surface area contributed by atoms with Crippen molar-refractivity contribution in [3.8, 4) is 0 Å². The van der Waals surface area contributed by atoms with Crippen molar-refractivity contribution >= 4 is 0 Å². The van der Waals surface area contributed by atoms with Crippen molar-refractivity contribution in [2.45, 2.75) is 44.3 Å². The summed E-state index contributed by atoms with van der Waals surface area (Å²) in [6.07, 6.45) is 5.38. The number of nitrogens with zero attached hydrogens (tertiary/aromatic N) is 3. The quantitative estimate of drug-likeness (QED) is 0.846. The van der Waals surface area contributed by atoms with Gasteiger partial charge in [-0.05, 0) is 71.5 Å². The number of hydrogen-bond donors (Lipinski definition) is 0. The molecule has 2 aliphatic rings. The molecule has 122 valence electrons. The van der Waals surface area contributed by atoms with E-state index < -0.39 is 0 Å². The number of piperidine rings is 2. The van der Waals surface area contributed by atoms with E-state index in [2.05, 4.69) is 59.1 Å². The summed E-state index contributed by atoms with van der Waals surface area (Å²) in [4.78, 5) is 7.79. The predicted molar refractivity (Wildman–Crippen MR) is 93.0 cm³/mol. The molecule has 0 unspecified atom stereocenters. The fraction of sp³-hybridized carbons (Fsp3) is 0.684. The summed E-state index contributed by atoms with van der Waals surface area (Å²) < 4.78 is 0. The molecule has 3 heteroatoms. The van der Waals surface area contributed by atoms with Gasteiger partial charge < -0.3 is 9.80 Å². The Morgan fingerprint density at radius 3 is 2.14 bits per heavy atom. The molecule has 0 aromatic heterocycles. The van der Waals surface area contributed by atoms with Gasteiger partial charge in [0, 0.05) is 18.6 Å². The van der Waals surface area contributed by atoms with Crippen LogP contribution < -0.4 is 0 Å². The van der Waals surface area contributed by atoms with Crippen molar-refractivity contribution in [1.29, 1.82) is 0 Å². The molecule has 22 heavy (non-hydrogen) atoms. The molecule has 0 aliphatic carbocycles. The summed E-state index contributed by atoms with van der Waals surface area (Å²) in [6, 6.07) is 12.5. The molecular weight excluding hydrogens is 270 g/mol. The summed E-state index contributed by atoms with van der Waals surface area (Å²) in [7, 11) is 4.45. The topological polar surface area (TPSA) is 9.72 Å². The molecule has 3 nitrogen and oxygen atoms in total. The first kappa shape index (κ1) is 16.0. The average molecular weight is 301 g/mol. The molecule has 2 saturated heterocycles. The average Bonchev–Trinajstić information content (AvgIpc) is 2.57. The minimum absolute atomic E-state index is 0.800. The van der Waals surface area contributed by atoms with Gasteiger partial charge in [0.15, 0.2) is 0 Å². The van der Waals surface area contributed by atoms with Gasteiger partial charge in [0.1, 0.15) is 0 Å². The van der Waals surface area contributed by atoms with Crippen LogP contribution in [0.2, 0.25) is 0 Å². The predicted octanol–water partition coefficient (Wildman–Crippen LogP) is 2.68. The van der Waals surface area contributed by atoms with Gasteiger partial charge in [0.05, 0.1) is 0 Å². The number of hydrogen-bond acceptors (Lipinski definition) is 3. The summed E-state index contributed by atoms with van der Waals surface area (Å²) >= 11 is 0. The van der Waals surface area contributed by atoms with E-state index in [-0.39, 0.29) is 0 Å². The van der Waals surface area contributed by atoms with E-state index in [1.54, 1.807) is 0 Å². The second kappa shape index (κ2) is 7.58. The second-order valence-corrected chi connectivity index (χ2v) is 7.22. The van der Waals surface area contributed by atoms with E-state index in [1.165, 1.54) is 57.4 Å². The third-order valence-corrected chi connectivity index (χ3v) is 5.55. The highest BCUT2D eigenvalue weighted by Crippen LogP contribution is 2.23. The third kappa shape index (κ3) is 4.09. The molecule has 2 aliphatic heterocycles. The van der Waals surface area contributed by atoms with Crippen molar-refractivity contribution in [1.82, 2.24) is 14.7 Å². The monoisotopic (exact) mass is 301 g/mol. The zero-order chi connectivity index (χ0) is 15.4. The summed E-state index contributed by atoms with van der Waals surface area (Å²) in [5.74, 6) is 0. The first-order valence-corrected chi connectivity index (χ1v) is 8.89. The van der Waals surface area contributed by atoms with Gasteiger partial charge in [-0.2, -0.15) is 0 Å². The van der Waals surface area contributed by atoms with E-state index in [0.29, 0.717) is 0 Å². The molecule has 0 N–H and O–H groups in total. The van der Waals surface area contributed by atoms with Crippen LogP contribution >= 0.6 is 0 Å². The van der Waals surface area contributed by atoms with E-state index in [4.69, 9.17) is 0 Å². The lowest BCUT2D eigenvalue weighted by atomic mass is 9.97. The van der Waals surface area contributed by atoms with Gasteiger partial charge in [0.25, 0.3) is 0 Å². The lowest BCUT2D eigenvalue weighted by Crippen LogP contribution is -2.50. The minimum Gasteiger partial charge on any atom is -0.306 e. The highest BCUT2D eigenvalue weighted by molar-refractivity contribution is 5.14. The van der Waals surface area contributed by atoms with Crippen LogP contribution in [0, 0.1) is 0 Å².